The summed E-state index contributed by atoms with van der Waals surface area (Å²) < 4.78 is 2.08. The largest absolute Gasteiger partial charge is 0.326 e. The lowest BCUT2D eigenvalue weighted by Gasteiger charge is -2.10. The fourth-order valence-electron chi connectivity index (χ4n) is 2.55. The van der Waals surface area contributed by atoms with E-state index in [1.54, 1.807) is 0 Å². The van der Waals surface area contributed by atoms with E-state index in [4.69, 9.17) is 0 Å². The molecule has 1 N–H and O–H groups in total. The standard InChI is InChI=1S/C16H13Br2NO/c17-13-3-5-15(6-4-13)19-16(20)12-7-10-1-2-14(18)9-11(10)8-12/h1-6,9,12H,7-8H2,(H,19,20). The molecule has 4 heteroatoms. The normalized spacial score (nSPS) is 16.8. The lowest BCUT2D eigenvalue weighted by atomic mass is 10.1. The van der Waals surface area contributed by atoms with Crippen molar-refractivity contribution in [1.82, 2.24) is 0 Å². The quantitative estimate of drug-likeness (QED) is 0.794. The van der Waals surface area contributed by atoms with Crippen LogP contribution in [0.3, 0.4) is 0 Å². The summed E-state index contributed by atoms with van der Waals surface area (Å²) in [5, 5.41) is 2.99. The highest BCUT2D eigenvalue weighted by molar-refractivity contribution is 9.10. The van der Waals surface area contributed by atoms with E-state index in [1.807, 2.05) is 30.3 Å². The van der Waals surface area contributed by atoms with Crippen molar-refractivity contribution in [3.8, 4) is 0 Å². The van der Waals surface area contributed by atoms with Gasteiger partial charge in [0.1, 0.15) is 0 Å². The van der Waals surface area contributed by atoms with Crippen molar-refractivity contribution >= 4 is 43.5 Å². The van der Waals surface area contributed by atoms with Gasteiger partial charge < -0.3 is 5.32 Å². The molecule has 0 heterocycles. The fraction of sp³-hybridized carbons (Fsp3) is 0.188. The summed E-state index contributed by atoms with van der Waals surface area (Å²) in [5.74, 6) is 0.127. The van der Waals surface area contributed by atoms with Crippen LogP contribution in [0.4, 0.5) is 5.69 Å². The van der Waals surface area contributed by atoms with Crippen LogP contribution in [0.15, 0.2) is 51.4 Å². The van der Waals surface area contributed by atoms with Crippen LogP contribution >= 0.6 is 31.9 Å². The van der Waals surface area contributed by atoms with Crippen LogP contribution in [0.5, 0.6) is 0 Å². The second kappa shape index (κ2) is 5.70. The number of fused-ring (bicyclic) bond motifs is 1. The van der Waals surface area contributed by atoms with Gasteiger partial charge in [-0.2, -0.15) is 0 Å². The highest BCUT2D eigenvalue weighted by atomic mass is 79.9. The van der Waals surface area contributed by atoms with Crippen LogP contribution < -0.4 is 5.32 Å². The van der Waals surface area contributed by atoms with Crippen LogP contribution in [0.1, 0.15) is 11.1 Å². The molecule has 102 valence electrons. The van der Waals surface area contributed by atoms with Crippen molar-refractivity contribution in [2.24, 2.45) is 5.92 Å². The molecule has 2 aromatic rings. The molecule has 0 fully saturated rings. The van der Waals surface area contributed by atoms with Gasteiger partial charge in [0.05, 0.1) is 0 Å². The van der Waals surface area contributed by atoms with Crippen molar-refractivity contribution in [2.45, 2.75) is 12.8 Å². The Morgan fingerprint density at radius 2 is 1.60 bits per heavy atom. The first kappa shape index (κ1) is 13.8. The van der Waals surface area contributed by atoms with Crippen molar-refractivity contribution in [3.63, 3.8) is 0 Å². The Kier molecular flexibility index (Phi) is 3.94. The van der Waals surface area contributed by atoms with E-state index in [2.05, 4.69) is 49.3 Å². The molecule has 3 rings (SSSR count). The zero-order valence-corrected chi connectivity index (χ0v) is 13.9. The molecule has 1 aliphatic carbocycles. The number of hydrogen-bond acceptors (Lipinski definition) is 1. The third kappa shape index (κ3) is 2.96. The van der Waals surface area contributed by atoms with Gasteiger partial charge in [-0.05, 0) is 60.4 Å². The van der Waals surface area contributed by atoms with E-state index in [1.165, 1.54) is 11.1 Å². The Labute approximate surface area is 134 Å². The summed E-state index contributed by atoms with van der Waals surface area (Å²) in [6.45, 7) is 0. The van der Waals surface area contributed by atoms with Gasteiger partial charge in [0.25, 0.3) is 0 Å². The molecule has 20 heavy (non-hydrogen) atoms. The number of halogens is 2. The van der Waals surface area contributed by atoms with Crippen LogP contribution in [0.25, 0.3) is 0 Å². The monoisotopic (exact) mass is 393 g/mol. The maximum Gasteiger partial charge on any atom is 0.228 e. The van der Waals surface area contributed by atoms with Crippen LogP contribution in [0.2, 0.25) is 0 Å². The number of benzene rings is 2. The minimum atomic E-state index is 0.0305. The summed E-state index contributed by atoms with van der Waals surface area (Å²) >= 11 is 6.86. The topological polar surface area (TPSA) is 29.1 Å². The van der Waals surface area contributed by atoms with Crippen molar-refractivity contribution in [2.75, 3.05) is 5.32 Å². The first-order chi connectivity index (χ1) is 9.61. The predicted molar refractivity (Wildman–Crippen MR) is 87.8 cm³/mol. The average Bonchev–Trinajstić information content (AvgIpc) is 2.84. The van der Waals surface area contributed by atoms with Gasteiger partial charge >= 0.3 is 0 Å². The van der Waals surface area contributed by atoms with E-state index < -0.39 is 0 Å². The van der Waals surface area contributed by atoms with Crippen LogP contribution in [-0.4, -0.2) is 5.91 Å². The lowest BCUT2D eigenvalue weighted by molar-refractivity contribution is -0.119. The number of nitrogens with one attached hydrogen (secondary N) is 1. The molecule has 1 atom stereocenters. The van der Waals surface area contributed by atoms with Crippen molar-refractivity contribution in [1.29, 1.82) is 0 Å². The van der Waals surface area contributed by atoms with Gasteiger partial charge in [-0.1, -0.05) is 37.9 Å². The smallest absolute Gasteiger partial charge is 0.228 e. The zero-order chi connectivity index (χ0) is 14.1. The molecule has 2 nitrogen and oxygen atoms in total. The summed E-state index contributed by atoms with van der Waals surface area (Å²) in [7, 11) is 0. The number of hydrogen-bond donors (Lipinski definition) is 1. The lowest BCUT2D eigenvalue weighted by Crippen LogP contribution is -2.23. The van der Waals surface area contributed by atoms with E-state index in [9.17, 15) is 4.79 Å². The molecule has 2 aromatic carbocycles. The molecular formula is C16H13Br2NO. The second-order valence-electron chi connectivity index (χ2n) is 5.01. The third-order valence-corrected chi connectivity index (χ3v) is 4.61. The van der Waals surface area contributed by atoms with E-state index >= 15 is 0 Å². The summed E-state index contributed by atoms with van der Waals surface area (Å²) in [6.07, 6.45) is 1.64. The van der Waals surface area contributed by atoms with Gasteiger partial charge in [-0.3, -0.25) is 4.79 Å². The average molecular weight is 395 g/mol. The van der Waals surface area contributed by atoms with Gasteiger partial charge in [-0.15, -0.1) is 0 Å². The Morgan fingerprint density at radius 3 is 2.35 bits per heavy atom. The number of anilines is 1. The van der Waals surface area contributed by atoms with Gasteiger partial charge in [0.15, 0.2) is 0 Å². The molecule has 0 aliphatic heterocycles. The molecule has 1 amide bonds. The highest BCUT2D eigenvalue weighted by Gasteiger charge is 2.27. The maximum atomic E-state index is 12.3. The Bertz CT molecular complexity index is 652. The van der Waals surface area contributed by atoms with Crippen LogP contribution in [-0.2, 0) is 17.6 Å². The number of amides is 1. The fourth-order valence-corrected chi connectivity index (χ4v) is 3.22. The molecule has 0 bridgehead atoms. The number of carbonyl (C=O) groups is 1. The van der Waals surface area contributed by atoms with Crippen molar-refractivity contribution < 1.29 is 4.79 Å². The molecule has 1 aliphatic rings. The van der Waals surface area contributed by atoms with Crippen molar-refractivity contribution in [3.05, 3.63) is 62.5 Å². The molecule has 0 radical (unpaired) electrons. The zero-order valence-electron chi connectivity index (χ0n) is 10.7. The molecule has 0 saturated carbocycles. The summed E-state index contributed by atoms with van der Waals surface area (Å²) in [4.78, 5) is 12.3. The third-order valence-electron chi connectivity index (χ3n) is 3.58. The minimum absolute atomic E-state index is 0.0305. The van der Waals surface area contributed by atoms with E-state index in [0.29, 0.717) is 0 Å². The summed E-state index contributed by atoms with van der Waals surface area (Å²) in [6, 6.07) is 13.9. The SMILES string of the molecule is O=C(Nc1ccc(Br)cc1)C1Cc2ccc(Br)cc2C1. The maximum absolute atomic E-state index is 12.3. The Morgan fingerprint density at radius 1 is 0.950 bits per heavy atom. The molecular weight excluding hydrogens is 382 g/mol. The van der Waals surface area contributed by atoms with Gasteiger partial charge in [0.2, 0.25) is 5.91 Å². The van der Waals surface area contributed by atoms with E-state index in [0.717, 1.165) is 27.5 Å². The molecule has 0 aromatic heterocycles. The number of rotatable bonds is 2. The Balaban J connectivity index is 1.69. The first-order valence-electron chi connectivity index (χ1n) is 6.45. The summed E-state index contributed by atoms with van der Waals surface area (Å²) in [5.41, 5.74) is 3.40. The second-order valence-corrected chi connectivity index (χ2v) is 6.85. The van der Waals surface area contributed by atoms with Gasteiger partial charge in [0, 0.05) is 20.6 Å². The molecule has 0 spiro atoms. The minimum Gasteiger partial charge on any atom is -0.326 e. The number of carbonyl (C=O) groups excluding carboxylic acids is 1. The first-order valence-corrected chi connectivity index (χ1v) is 8.04. The predicted octanol–water partition coefficient (Wildman–Crippen LogP) is 4.57. The molecule has 0 saturated heterocycles. The highest BCUT2D eigenvalue weighted by Crippen LogP contribution is 2.30. The van der Waals surface area contributed by atoms with E-state index in [-0.39, 0.29) is 11.8 Å². The Hall–Kier alpha value is -1.13. The molecule has 1 unspecified atom stereocenters. The van der Waals surface area contributed by atoms with Gasteiger partial charge in [-0.25, -0.2) is 0 Å². The van der Waals surface area contributed by atoms with Crippen LogP contribution in [0, 0.1) is 5.92 Å².